The molecule has 3 nitrogen and oxygen atoms in total. The van der Waals surface area contributed by atoms with Gasteiger partial charge in [0.1, 0.15) is 5.82 Å². The summed E-state index contributed by atoms with van der Waals surface area (Å²) in [6.07, 6.45) is 11.4. The predicted octanol–water partition coefficient (Wildman–Crippen LogP) is 2.35. The maximum absolute atomic E-state index is 6.00. The summed E-state index contributed by atoms with van der Waals surface area (Å²) in [6, 6.07) is 0.338. The van der Waals surface area contributed by atoms with Crippen molar-refractivity contribution in [2.45, 2.75) is 63.8 Å². The maximum Gasteiger partial charge on any atom is 0.106 e. The van der Waals surface area contributed by atoms with Gasteiger partial charge in [-0.15, -0.1) is 0 Å². The first kappa shape index (κ1) is 11.3. The van der Waals surface area contributed by atoms with Crippen LogP contribution in [0.15, 0.2) is 0 Å². The first-order chi connectivity index (χ1) is 8.31. The van der Waals surface area contributed by atoms with Crippen LogP contribution in [-0.2, 0) is 19.3 Å². The topological polar surface area (TPSA) is 54.7 Å². The number of H-pyrrole nitrogens is 1. The highest BCUT2D eigenvalue weighted by atomic mass is 14.9. The monoisotopic (exact) mass is 233 g/mol. The molecule has 0 spiro atoms. The average molecular weight is 233 g/mol. The summed E-state index contributed by atoms with van der Waals surface area (Å²) in [5.41, 5.74) is 8.60. The van der Waals surface area contributed by atoms with Gasteiger partial charge in [-0.25, -0.2) is 4.98 Å². The molecule has 0 aromatic carbocycles. The molecule has 0 amide bonds. The number of rotatable bonds is 2. The minimum atomic E-state index is 0.338. The molecule has 3 heteroatoms. The number of fused-ring (bicyclic) bond motifs is 1. The summed E-state index contributed by atoms with van der Waals surface area (Å²) < 4.78 is 0. The highest BCUT2D eigenvalue weighted by molar-refractivity contribution is 5.19. The maximum atomic E-state index is 6.00. The van der Waals surface area contributed by atoms with E-state index in [1.54, 1.807) is 0 Å². The second kappa shape index (κ2) is 4.81. The van der Waals surface area contributed by atoms with Gasteiger partial charge in [0.05, 0.1) is 5.69 Å². The summed E-state index contributed by atoms with van der Waals surface area (Å²) in [5, 5.41) is 0. The van der Waals surface area contributed by atoms with Crippen molar-refractivity contribution >= 4 is 0 Å². The van der Waals surface area contributed by atoms with Gasteiger partial charge in [-0.3, -0.25) is 0 Å². The Morgan fingerprint density at radius 2 is 2.00 bits per heavy atom. The fourth-order valence-corrected chi connectivity index (χ4v) is 3.33. The SMILES string of the molecule is NC1CCc2nc(CC3CCCCC3)[nH]c2C1. The molecule has 1 aromatic rings. The molecule has 0 bridgehead atoms. The Balaban J connectivity index is 1.67. The van der Waals surface area contributed by atoms with Gasteiger partial charge in [-0.1, -0.05) is 32.1 Å². The van der Waals surface area contributed by atoms with Crippen LogP contribution in [0.1, 0.15) is 55.7 Å². The molecule has 17 heavy (non-hydrogen) atoms. The zero-order chi connectivity index (χ0) is 11.7. The number of nitrogens with zero attached hydrogens (tertiary/aromatic N) is 1. The lowest BCUT2D eigenvalue weighted by Gasteiger charge is -2.20. The van der Waals surface area contributed by atoms with Crippen molar-refractivity contribution in [2.75, 3.05) is 0 Å². The van der Waals surface area contributed by atoms with Crippen LogP contribution in [0.3, 0.4) is 0 Å². The van der Waals surface area contributed by atoms with Crippen molar-refractivity contribution in [3.05, 3.63) is 17.2 Å². The molecule has 2 aliphatic rings. The van der Waals surface area contributed by atoms with Crippen LogP contribution in [-0.4, -0.2) is 16.0 Å². The lowest BCUT2D eigenvalue weighted by atomic mass is 9.87. The average Bonchev–Trinajstić information content (AvgIpc) is 2.71. The Labute approximate surface area is 103 Å². The van der Waals surface area contributed by atoms with E-state index in [2.05, 4.69) is 4.98 Å². The molecule has 0 aliphatic heterocycles. The minimum Gasteiger partial charge on any atom is -0.346 e. The minimum absolute atomic E-state index is 0.338. The molecule has 1 atom stereocenters. The van der Waals surface area contributed by atoms with Crippen molar-refractivity contribution in [2.24, 2.45) is 11.7 Å². The van der Waals surface area contributed by atoms with Gasteiger partial charge in [0.2, 0.25) is 0 Å². The third-order valence-electron chi connectivity index (χ3n) is 4.34. The van der Waals surface area contributed by atoms with Crippen LogP contribution in [0.5, 0.6) is 0 Å². The van der Waals surface area contributed by atoms with E-state index in [1.807, 2.05) is 0 Å². The molecule has 0 saturated heterocycles. The van der Waals surface area contributed by atoms with Gasteiger partial charge in [-0.05, 0) is 18.8 Å². The molecule has 2 aliphatic carbocycles. The Kier molecular flexibility index (Phi) is 3.19. The van der Waals surface area contributed by atoms with Gasteiger partial charge >= 0.3 is 0 Å². The summed E-state index contributed by atoms with van der Waals surface area (Å²) in [6.45, 7) is 0. The summed E-state index contributed by atoms with van der Waals surface area (Å²) in [4.78, 5) is 8.29. The largest absolute Gasteiger partial charge is 0.346 e. The Bertz CT molecular complexity index is 377. The summed E-state index contributed by atoms with van der Waals surface area (Å²) >= 11 is 0. The van der Waals surface area contributed by atoms with E-state index in [-0.39, 0.29) is 0 Å². The number of hydrogen-bond acceptors (Lipinski definition) is 2. The predicted molar refractivity (Wildman–Crippen MR) is 68.9 cm³/mol. The van der Waals surface area contributed by atoms with Crippen molar-refractivity contribution in [3.8, 4) is 0 Å². The van der Waals surface area contributed by atoms with Crippen molar-refractivity contribution in [1.82, 2.24) is 9.97 Å². The van der Waals surface area contributed by atoms with E-state index in [1.165, 1.54) is 49.3 Å². The van der Waals surface area contributed by atoms with E-state index in [0.29, 0.717) is 6.04 Å². The highest BCUT2D eigenvalue weighted by Gasteiger charge is 2.21. The molecule has 94 valence electrons. The summed E-state index contributed by atoms with van der Waals surface area (Å²) in [5.74, 6) is 2.08. The first-order valence-electron chi connectivity index (χ1n) is 7.13. The molecule has 1 unspecified atom stereocenters. The number of imidazole rings is 1. The number of hydrogen-bond donors (Lipinski definition) is 2. The highest BCUT2D eigenvalue weighted by Crippen LogP contribution is 2.27. The van der Waals surface area contributed by atoms with Crippen LogP contribution >= 0.6 is 0 Å². The third-order valence-corrected chi connectivity index (χ3v) is 4.34. The van der Waals surface area contributed by atoms with Gasteiger partial charge in [0.15, 0.2) is 0 Å². The smallest absolute Gasteiger partial charge is 0.106 e. The molecular formula is C14H23N3. The van der Waals surface area contributed by atoms with E-state index < -0.39 is 0 Å². The third kappa shape index (κ3) is 2.54. The second-order valence-corrected chi connectivity index (χ2v) is 5.82. The normalized spacial score (nSPS) is 25.8. The lowest BCUT2D eigenvalue weighted by molar-refractivity contribution is 0.352. The van der Waals surface area contributed by atoms with Gasteiger partial charge in [0, 0.05) is 24.6 Å². The lowest BCUT2D eigenvalue weighted by Crippen LogP contribution is -2.27. The van der Waals surface area contributed by atoms with Gasteiger partial charge < -0.3 is 10.7 Å². The zero-order valence-corrected chi connectivity index (χ0v) is 10.5. The van der Waals surface area contributed by atoms with Crippen LogP contribution in [0.2, 0.25) is 0 Å². The second-order valence-electron chi connectivity index (χ2n) is 5.82. The van der Waals surface area contributed by atoms with E-state index in [4.69, 9.17) is 10.7 Å². The Hall–Kier alpha value is -0.830. The fourth-order valence-electron chi connectivity index (χ4n) is 3.33. The van der Waals surface area contributed by atoms with Crippen LogP contribution in [0.4, 0.5) is 0 Å². The fraction of sp³-hybridized carbons (Fsp3) is 0.786. The standard InChI is InChI=1S/C14H23N3/c15-11-6-7-12-13(9-11)17-14(16-12)8-10-4-2-1-3-5-10/h10-11H,1-9,15H2,(H,16,17). The zero-order valence-electron chi connectivity index (χ0n) is 10.5. The molecular weight excluding hydrogens is 210 g/mol. The molecule has 3 rings (SSSR count). The van der Waals surface area contributed by atoms with E-state index in [9.17, 15) is 0 Å². The first-order valence-corrected chi connectivity index (χ1v) is 7.13. The molecule has 3 N–H and O–H groups in total. The molecule has 1 heterocycles. The number of aryl methyl sites for hydroxylation is 1. The number of aromatic nitrogens is 2. The number of nitrogens with two attached hydrogens (primary N) is 1. The summed E-state index contributed by atoms with van der Waals surface area (Å²) in [7, 11) is 0. The van der Waals surface area contributed by atoms with Crippen LogP contribution < -0.4 is 5.73 Å². The van der Waals surface area contributed by atoms with Crippen LogP contribution in [0, 0.1) is 5.92 Å². The quantitative estimate of drug-likeness (QED) is 0.824. The van der Waals surface area contributed by atoms with Crippen molar-refractivity contribution in [1.29, 1.82) is 0 Å². The molecule has 1 saturated carbocycles. The molecule has 1 aromatic heterocycles. The molecule has 0 radical (unpaired) electrons. The number of nitrogens with one attached hydrogen (secondary N) is 1. The molecule has 1 fully saturated rings. The van der Waals surface area contributed by atoms with E-state index in [0.717, 1.165) is 31.6 Å². The van der Waals surface area contributed by atoms with Gasteiger partial charge in [-0.2, -0.15) is 0 Å². The van der Waals surface area contributed by atoms with E-state index >= 15 is 0 Å². The van der Waals surface area contributed by atoms with Crippen molar-refractivity contribution < 1.29 is 0 Å². The van der Waals surface area contributed by atoms with Crippen LogP contribution in [0.25, 0.3) is 0 Å². The Morgan fingerprint density at radius 3 is 2.82 bits per heavy atom. The van der Waals surface area contributed by atoms with Crippen molar-refractivity contribution in [3.63, 3.8) is 0 Å². The van der Waals surface area contributed by atoms with Gasteiger partial charge in [0.25, 0.3) is 0 Å². The Morgan fingerprint density at radius 1 is 1.18 bits per heavy atom. The number of aromatic amines is 1.